The molecule has 1 aromatic carbocycles. The first-order valence-electron chi connectivity index (χ1n) is 11.6. The fraction of sp³-hybridized carbons (Fsp3) is 0.750. The van der Waals surface area contributed by atoms with Crippen molar-refractivity contribution < 1.29 is 0 Å². The average Bonchev–Trinajstić information content (AvgIpc) is 2.67. The van der Waals surface area contributed by atoms with Crippen molar-refractivity contribution in [2.45, 2.75) is 77.3 Å². The van der Waals surface area contributed by atoms with Crippen molar-refractivity contribution in [2.24, 2.45) is 5.41 Å². The molecule has 2 saturated heterocycles. The summed E-state index contributed by atoms with van der Waals surface area (Å²) in [6, 6.07) is 10.3. The number of benzene rings is 1. The van der Waals surface area contributed by atoms with Crippen LogP contribution in [0.15, 0.2) is 24.3 Å². The molecule has 27 heavy (non-hydrogen) atoms. The second-order valence-corrected chi connectivity index (χ2v) is 9.30. The summed E-state index contributed by atoms with van der Waals surface area (Å²) in [4.78, 5) is 5.42. The molecule has 0 aromatic heterocycles. The zero-order chi connectivity index (χ0) is 18.5. The van der Waals surface area contributed by atoms with Crippen LogP contribution < -0.4 is 10.2 Å². The van der Waals surface area contributed by atoms with E-state index in [1.54, 1.807) is 0 Å². The molecular weight excluding hydrogens is 330 g/mol. The van der Waals surface area contributed by atoms with Gasteiger partial charge in [0.05, 0.1) is 0 Å². The molecule has 1 spiro atoms. The predicted molar refractivity (Wildman–Crippen MR) is 115 cm³/mol. The molecule has 2 heterocycles. The van der Waals surface area contributed by atoms with Crippen LogP contribution in [0.5, 0.6) is 0 Å². The molecule has 150 valence electrons. The zero-order valence-corrected chi connectivity index (χ0v) is 17.4. The Hall–Kier alpha value is -1.06. The molecule has 0 bridgehead atoms. The molecular formula is C24H39N3. The van der Waals surface area contributed by atoms with Crippen molar-refractivity contribution in [1.29, 1.82) is 0 Å². The van der Waals surface area contributed by atoms with E-state index in [-0.39, 0.29) is 0 Å². The van der Waals surface area contributed by atoms with Gasteiger partial charge in [0.2, 0.25) is 0 Å². The predicted octanol–water partition coefficient (Wildman–Crippen LogP) is 4.81. The van der Waals surface area contributed by atoms with Crippen molar-refractivity contribution in [1.82, 2.24) is 10.2 Å². The number of likely N-dealkylation sites (tertiary alicyclic amines) is 1. The van der Waals surface area contributed by atoms with Gasteiger partial charge in [-0.2, -0.15) is 0 Å². The van der Waals surface area contributed by atoms with Crippen molar-refractivity contribution in [3.63, 3.8) is 0 Å². The van der Waals surface area contributed by atoms with Crippen LogP contribution in [0.2, 0.25) is 0 Å². The lowest BCUT2D eigenvalue weighted by molar-refractivity contribution is 0.0306. The minimum Gasteiger partial charge on any atom is -0.371 e. The van der Waals surface area contributed by atoms with Gasteiger partial charge in [-0.1, -0.05) is 31.9 Å². The summed E-state index contributed by atoms with van der Waals surface area (Å²) in [5.74, 6) is 0. The Bertz CT molecular complexity index is 560. The Morgan fingerprint density at radius 3 is 2.22 bits per heavy atom. The van der Waals surface area contributed by atoms with Gasteiger partial charge in [0.1, 0.15) is 0 Å². The van der Waals surface area contributed by atoms with E-state index in [0.29, 0.717) is 5.41 Å². The first kappa shape index (κ1) is 19.3. The van der Waals surface area contributed by atoms with E-state index < -0.39 is 0 Å². The average molecular weight is 370 g/mol. The summed E-state index contributed by atoms with van der Waals surface area (Å²) in [7, 11) is 0. The van der Waals surface area contributed by atoms with E-state index >= 15 is 0 Å². The summed E-state index contributed by atoms with van der Waals surface area (Å²) in [5.41, 5.74) is 3.49. The van der Waals surface area contributed by atoms with Crippen LogP contribution in [0, 0.1) is 5.41 Å². The fourth-order valence-electron chi connectivity index (χ4n) is 5.21. The number of nitrogens with one attached hydrogen (secondary N) is 1. The van der Waals surface area contributed by atoms with Crippen LogP contribution in [0.25, 0.3) is 0 Å². The molecule has 3 nitrogen and oxygen atoms in total. The first-order valence-corrected chi connectivity index (χ1v) is 11.6. The molecule has 0 amide bonds. The van der Waals surface area contributed by atoms with Gasteiger partial charge in [-0.25, -0.2) is 0 Å². The van der Waals surface area contributed by atoms with Crippen LogP contribution in [0.3, 0.4) is 0 Å². The molecule has 2 aliphatic heterocycles. The molecule has 4 rings (SSSR count). The third kappa shape index (κ3) is 4.68. The Kier molecular flexibility index (Phi) is 6.39. The second kappa shape index (κ2) is 8.96. The SMILES string of the molecule is CCCCNCc1ccc(N2CCC3(CC2)CCN(C2CCC2)CC3)cc1. The smallest absolute Gasteiger partial charge is 0.0366 e. The molecule has 0 atom stereocenters. The summed E-state index contributed by atoms with van der Waals surface area (Å²) in [6.45, 7) is 9.60. The number of unbranched alkanes of at least 4 members (excludes halogenated alkanes) is 1. The molecule has 0 radical (unpaired) electrons. The molecule has 1 aliphatic carbocycles. The molecule has 0 unspecified atom stereocenters. The maximum Gasteiger partial charge on any atom is 0.0366 e. The quantitative estimate of drug-likeness (QED) is 0.696. The minimum absolute atomic E-state index is 0.653. The molecule has 3 aliphatic rings. The van der Waals surface area contributed by atoms with Gasteiger partial charge in [-0.3, -0.25) is 0 Å². The lowest BCUT2D eigenvalue weighted by atomic mass is 9.70. The Labute approximate surface area is 166 Å². The Morgan fingerprint density at radius 1 is 0.963 bits per heavy atom. The van der Waals surface area contributed by atoms with Gasteiger partial charge in [0.25, 0.3) is 0 Å². The standard InChI is InChI=1S/C24H39N3/c1-2-3-15-25-20-21-7-9-23(10-8-21)27-18-13-24(14-19-27)11-16-26(17-12-24)22-5-4-6-22/h7-10,22,25H,2-6,11-20H2,1H3. The van der Waals surface area contributed by atoms with Crippen molar-refractivity contribution in [2.75, 3.05) is 37.6 Å². The van der Waals surface area contributed by atoms with Crippen LogP contribution >= 0.6 is 0 Å². The van der Waals surface area contributed by atoms with E-state index in [1.807, 2.05) is 0 Å². The highest BCUT2D eigenvalue weighted by molar-refractivity contribution is 5.48. The highest BCUT2D eigenvalue weighted by Crippen LogP contribution is 2.43. The summed E-state index contributed by atoms with van der Waals surface area (Å²) < 4.78 is 0. The molecule has 1 saturated carbocycles. The topological polar surface area (TPSA) is 18.5 Å². The van der Waals surface area contributed by atoms with Crippen LogP contribution in [0.4, 0.5) is 5.69 Å². The van der Waals surface area contributed by atoms with Gasteiger partial charge in [-0.05, 0) is 87.7 Å². The highest BCUT2D eigenvalue weighted by Gasteiger charge is 2.39. The van der Waals surface area contributed by atoms with Crippen molar-refractivity contribution in [3.05, 3.63) is 29.8 Å². The van der Waals surface area contributed by atoms with Crippen molar-refractivity contribution in [3.8, 4) is 0 Å². The number of rotatable bonds is 7. The highest BCUT2D eigenvalue weighted by atomic mass is 15.2. The van der Waals surface area contributed by atoms with E-state index in [4.69, 9.17) is 0 Å². The van der Waals surface area contributed by atoms with E-state index in [0.717, 1.165) is 19.1 Å². The monoisotopic (exact) mass is 369 g/mol. The van der Waals surface area contributed by atoms with Gasteiger partial charge < -0.3 is 15.1 Å². The lowest BCUT2D eigenvalue weighted by Gasteiger charge is -2.50. The maximum atomic E-state index is 3.54. The minimum atomic E-state index is 0.653. The largest absolute Gasteiger partial charge is 0.371 e. The maximum absolute atomic E-state index is 3.54. The number of hydrogen-bond donors (Lipinski definition) is 1. The summed E-state index contributed by atoms with van der Waals surface area (Å²) in [6.07, 6.45) is 12.6. The lowest BCUT2D eigenvalue weighted by Crippen LogP contribution is -2.50. The normalized spacial score (nSPS) is 23.5. The van der Waals surface area contributed by atoms with E-state index in [9.17, 15) is 0 Å². The van der Waals surface area contributed by atoms with Gasteiger partial charge >= 0.3 is 0 Å². The Balaban J connectivity index is 1.23. The number of hydrogen-bond acceptors (Lipinski definition) is 3. The Morgan fingerprint density at radius 2 is 1.63 bits per heavy atom. The van der Waals surface area contributed by atoms with Crippen molar-refractivity contribution >= 4 is 5.69 Å². The van der Waals surface area contributed by atoms with E-state index in [1.165, 1.54) is 95.2 Å². The summed E-state index contributed by atoms with van der Waals surface area (Å²) in [5, 5.41) is 3.54. The van der Waals surface area contributed by atoms with Gasteiger partial charge in [0.15, 0.2) is 0 Å². The third-order valence-electron chi connectivity index (χ3n) is 7.61. The van der Waals surface area contributed by atoms with Crippen LogP contribution in [-0.2, 0) is 6.54 Å². The van der Waals surface area contributed by atoms with E-state index in [2.05, 4.69) is 46.3 Å². The van der Waals surface area contributed by atoms with Gasteiger partial charge in [-0.15, -0.1) is 0 Å². The fourth-order valence-corrected chi connectivity index (χ4v) is 5.21. The number of anilines is 1. The summed E-state index contributed by atoms with van der Waals surface area (Å²) >= 11 is 0. The van der Waals surface area contributed by atoms with Crippen LogP contribution in [-0.4, -0.2) is 43.7 Å². The van der Waals surface area contributed by atoms with Gasteiger partial charge in [0, 0.05) is 31.4 Å². The third-order valence-corrected chi connectivity index (χ3v) is 7.61. The molecule has 1 N–H and O–H groups in total. The first-order chi connectivity index (χ1) is 13.3. The number of nitrogens with zero attached hydrogens (tertiary/aromatic N) is 2. The molecule has 1 aromatic rings. The zero-order valence-electron chi connectivity index (χ0n) is 17.4. The number of piperidine rings is 2. The second-order valence-electron chi connectivity index (χ2n) is 9.30. The molecule has 3 fully saturated rings. The van der Waals surface area contributed by atoms with Crippen LogP contribution in [0.1, 0.15) is 70.3 Å². The molecule has 3 heteroatoms.